The topological polar surface area (TPSA) is 89.3 Å². The van der Waals surface area contributed by atoms with Gasteiger partial charge < -0.3 is 11.1 Å². The highest BCUT2D eigenvalue weighted by Gasteiger charge is 2.29. The van der Waals surface area contributed by atoms with Gasteiger partial charge in [0, 0.05) is 12.1 Å². The van der Waals surface area contributed by atoms with E-state index in [9.17, 15) is 13.2 Å². The molecule has 0 aromatic heterocycles. The molecule has 0 radical (unpaired) electrons. The monoisotopic (exact) mass is 278 g/mol. The lowest BCUT2D eigenvalue weighted by molar-refractivity contribution is -0.121. The van der Waals surface area contributed by atoms with Gasteiger partial charge in [0.1, 0.15) is 5.25 Å². The molecule has 5 nitrogen and oxygen atoms in total. The molecule has 18 heavy (non-hydrogen) atoms. The predicted octanol–water partition coefficient (Wildman–Crippen LogP) is 0.832. The number of rotatable bonds is 8. The summed E-state index contributed by atoms with van der Waals surface area (Å²) in [5.41, 5.74) is 5.64. The number of nitrogens with one attached hydrogen (secondary N) is 1. The van der Waals surface area contributed by atoms with Crippen molar-refractivity contribution in [3.63, 3.8) is 0 Å². The van der Waals surface area contributed by atoms with Gasteiger partial charge in [0.2, 0.25) is 5.91 Å². The molecule has 0 aliphatic rings. The number of hydrogen-bond acceptors (Lipinski definition) is 4. The summed E-state index contributed by atoms with van der Waals surface area (Å²) in [5, 5.41) is 1.69. The highest BCUT2D eigenvalue weighted by Crippen LogP contribution is 2.06. The molecule has 0 aliphatic heterocycles. The van der Waals surface area contributed by atoms with Crippen LogP contribution in [0.4, 0.5) is 0 Å². The van der Waals surface area contributed by atoms with E-state index >= 15 is 0 Å². The molecule has 1 amide bonds. The first-order chi connectivity index (χ1) is 8.24. The van der Waals surface area contributed by atoms with Crippen LogP contribution in [-0.4, -0.2) is 37.4 Å². The largest absolute Gasteiger partial charge is 0.353 e. The minimum Gasteiger partial charge on any atom is -0.353 e. The Balaban J connectivity index is 4.53. The number of sulfone groups is 1. The minimum absolute atomic E-state index is 0.00000129. The Morgan fingerprint density at radius 1 is 1.28 bits per heavy atom. The van der Waals surface area contributed by atoms with Gasteiger partial charge in [0.25, 0.3) is 0 Å². The van der Waals surface area contributed by atoms with Gasteiger partial charge in [-0.15, -0.1) is 0 Å². The van der Waals surface area contributed by atoms with Crippen molar-refractivity contribution in [1.29, 1.82) is 0 Å². The summed E-state index contributed by atoms with van der Waals surface area (Å²) < 4.78 is 23.9. The molecule has 0 spiro atoms. The van der Waals surface area contributed by atoms with Crippen molar-refractivity contribution in [2.45, 2.75) is 64.3 Å². The first-order valence-corrected chi connectivity index (χ1v) is 8.23. The van der Waals surface area contributed by atoms with Crippen molar-refractivity contribution >= 4 is 15.7 Å². The lowest BCUT2D eigenvalue weighted by Crippen LogP contribution is -2.45. The fourth-order valence-corrected chi connectivity index (χ4v) is 3.10. The lowest BCUT2D eigenvalue weighted by Gasteiger charge is -2.18. The van der Waals surface area contributed by atoms with Crippen LogP contribution in [0.25, 0.3) is 0 Å². The second-order valence-corrected chi connectivity index (χ2v) is 7.20. The Labute approximate surface area is 110 Å². The van der Waals surface area contributed by atoms with Crippen molar-refractivity contribution < 1.29 is 13.2 Å². The SMILES string of the molecule is CCCC(C)NC(=O)C(C)S(=O)(=O)CC(N)CC. The van der Waals surface area contributed by atoms with E-state index in [0.717, 1.165) is 12.8 Å². The molecule has 0 heterocycles. The van der Waals surface area contributed by atoms with Crippen LogP contribution >= 0.6 is 0 Å². The Bertz CT molecular complexity index is 354. The quantitative estimate of drug-likeness (QED) is 0.688. The smallest absolute Gasteiger partial charge is 0.238 e. The summed E-state index contributed by atoms with van der Waals surface area (Å²) in [5.74, 6) is -0.570. The molecule has 3 atom stereocenters. The fourth-order valence-electron chi connectivity index (χ4n) is 1.59. The molecule has 0 aromatic carbocycles. The molecule has 108 valence electrons. The maximum atomic E-state index is 11.9. The number of carbonyl (C=O) groups is 1. The van der Waals surface area contributed by atoms with Gasteiger partial charge in [-0.3, -0.25) is 4.79 Å². The van der Waals surface area contributed by atoms with Crippen LogP contribution < -0.4 is 11.1 Å². The molecule has 0 aromatic rings. The van der Waals surface area contributed by atoms with Gasteiger partial charge in [-0.1, -0.05) is 20.3 Å². The summed E-state index contributed by atoms with van der Waals surface area (Å²) in [7, 11) is -3.47. The zero-order valence-corrected chi connectivity index (χ0v) is 12.6. The highest BCUT2D eigenvalue weighted by molar-refractivity contribution is 7.92. The van der Waals surface area contributed by atoms with Gasteiger partial charge in [-0.05, 0) is 26.7 Å². The maximum Gasteiger partial charge on any atom is 0.238 e. The van der Waals surface area contributed by atoms with E-state index < -0.39 is 27.0 Å². The molecule has 0 bridgehead atoms. The highest BCUT2D eigenvalue weighted by atomic mass is 32.2. The first kappa shape index (κ1) is 17.4. The zero-order chi connectivity index (χ0) is 14.3. The molecule has 3 N–H and O–H groups in total. The average molecular weight is 278 g/mol. The number of hydrogen-bond donors (Lipinski definition) is 2. The molecule has 3 unspecified atom stereocenters. The van der Waals surface area contributed by atoms with E-state index in [1.807, 2.05) is 20.8 Å². The molecule has 0 aliphatic carbocycles. The summed E-state index contributed by atoms with van der Waals surface area (Å²) >= 11 is 0. The van der Waals surface area contributed by atoms with Crippen LogP contribution in [0.1, 0.15) is 47.0 Å². The predicted molar refractivity (Wildman–Crippen MR) is 74.0 cm³/mol. The normalized spacial score (nSPS) is 16.9. The molecule has 0 saturated carbocycles. The van der Waals surface area contributed by atoms with E-state index in [4.69, 9.17) is 5.73 Å². The first-order valence-electron chi connectivity index (χ1n) is 6.52. The van der Waals surface area contributed by atoms with E-state index in [1.54, 1.807) is 0 Å². The van der Waals surface area contributed by atoms with Crippen LogP contribution in [-0.2, 0) is 14.6 Å². The Hall–Kier alpha value is -0.620. The van der Waals surface area contributed by atoms with Crippen molar-refractivity contribution in [3.05, 3.63) is 0 Å². The van der Waals surface area contributed by atoms with Crippen molar-refractivity contribution in [3.8, 4) is 0 Å². The van der Waals surface area contributed by atoms with Crippen LogP contribution in [0, 0.1) is 0 Å². The third-order valence-electron chi connectivity index (χ3n) is 2.99. The van der Waals surface area contributed by atoms with Crippen LogP contribution in [0.3, 0.4) is 0 Å². The number of nitrogens with two attached hydrogens (primary N) is 1. The summed E-state index contributed by atoms with van der Waals surface area (Å²) in [6.07, 6.45) is 2.37. The van der Waals surface area contributed by atoms with E-state index in [-0.39, 0.29) is 11.8 Å². The van der Waals surface area contributed by atoms with Gasteiger partial charge in [0.05, 0.1) is 5.75 Å². The molecular formula is C12H26N2O3S. The number of amides is 1. The van der Waals surface area contributed by atoms with Gasteiger partial charge in [0.15, 0.2) is 9.84 Å². The van der Waals surface area contributed by atoms with E-state index in [0.29, 0.717) is 6.42 Å². The maximum absolute atomic E-state index is 11.9. The zero-order valence-electron chi connectivity index (χ0n) is 11.8. The second-order valence-electron chi connectivity index (χ2n) is 4.84. The van der Waals surface area contributed by atoms with Crippen molar-refractivity contribution in [2.75, 3.05) is 5.75 Å². The van der Waals surface area contributed by atoms with Crippen LogP contribution in [0.2, 0.25) is 0 Å². The lowest BCUT2D eigenvalue weighted by atomic mass is 10.2. The fraction of sp³-hybridized carbons (Fsp3) is 0.917. The Morgan fingerprint density at radius 2 is 1.83 bits per heavy atom. The van der Waals surface area contributed by atoms with Crippen molar-refractivity contribution in [2.24, 2.45) is 5.73 Å². The molecule has 0 saturated heterocycles. The van der Waals surface area contributed by atoms with E-state index in [2.05, 4.69) is 5.32 Å². The van der Waals surface area contributed by atoms with Gasteiger partial charge in [-0.2, -0.15) is 0 Å². The summed E-state index contributed by atoms with van der Waals surface area (Å²) in [4.78, 5) is 11.8. The van der Waals surface area contributed by atoms with Gasteiger partial charge in [-0.25, -0.2) is 8.42 Å². The molecule has 6 heteroatoms. The standard InChI is InChI=1S/C12H26N2O3S/c1-5-7-9(3)14-12(15)10(4)18(16,17)8-11(13)6-2/h9-11H,5-8,13H2,1-4H3,(H,14,15). The minimum atomic E-state index is -3.47. The van der Waals surface area contributed by atoms with Crippen molar-refractivity contribution in [1.82, 2.24) is 5.32 Å². The number of carbonyl (C=O) groups excluding carboxylic acids is 1. The van der Waals surface area contributed by atoms with Crippen LogP contribution in [0.15, 0.2) is 0 Å². The molecule has 0 rings (SSSR count). The molecule has 0 fully saturated rings. The second kappa shape index (κ2) is 7.74. The Morgan fingerprint density at radius 3 is 2.28 bits per heavy atom. The third-order valence-corrected chi connectivity index (χ3v) is 5.17. The average Bonchev–Trinajstić information content (AvgIpc) is 2.27. The van der Waals surface area contributed by atoms with E-state index in [1.165, 1.54) is 6.92 Å². The van der Waals surface area contributed by atoms with Gasteiger partial charge >= 0.3 is 0 Å². The third kappa shape index (κ3) is 5.82. The summed E-state index contributed by atoms with van der Waals surface area (Å²) in [6, 6.07) is -0.404. The van der Waals surface area contributed by atoms with Crippen LogP contribution in [0.5, 0.6) is 0 Å². The Kier molecular flexibility index (Phi) is 7.47. The molecular weight excluding hydrogens is 252 g/mol. The summed E-state index contributed by atoms with van der Waals surface area (Å²) in [6.45, 7) is 7.14.